The van der Waals surface area contributed by atoms with Crippen LogP contribution in [0, 0.1) is 5.92 Å². The Morgan fingerprint density at radius 1 is 1.20 bits per heavy atom. The van der Waals surface area contributed by atoms with Crippen LogP contribution in [-0.2, 0) is 5.54 Å². The van der Waals surface area contributed by atoms with E-state index in [1.54, 1.807) is 0 Å². The van der Waals surface area contributed by atoms with Gasteiger partial charge in [0, 0.05) is 5.54 Å². The molecule has 0 heterocycles. The molecule has 1 aliphatic rings. The molecular formula is C14H21N. The fraction of sp³-hybridized carbons (Fsp3) is 0.571. The van der Waals surface area contributed by atoms with Crippen LogP contribution < -0.4 is 5.73 Å². The van der Waals surface area contributed by atoms with Gasteiger partial charge in [0.2, 0.25) is 0 Å². The average Bonchev–Trinajstić information content (AvgIpc) is 2.31. The minimum atomic E-state index is -0.0487. The molecule has 1 saturated carbocycles. The SMILES string of the molecule is CCC1CCC(N)(c2ccccc2)CC1. The maximum atomic E-state index is 6.50. The molecule has 1 aliphatic carbocycles. The van der Waals surface area contributed by atoms with Gasteiger partial charge in [0.1, 0.15) is 0 Å². The Hall–Kier alpha value is -0.820. The van der Waals surface area contributed by atoms with Crippen LogP contribution >= 0.6 is 0 Å². The summed E-state index contributed by atoms with van der Waals surface area (Å²) in [7, 11) is 0. The standard InChI is InChI=1S/C14H21N/c1-2-12-8-10-14(15,11-9-12)13-6-4-3-5-7-13/h3-7,12H,2,8-11,15H2,1H3. The van der Waals surface area contributed by atoms with E-state index in [9.17, 15) is 0 Å². The van der Waals surface area contributed by atoms with E-state index in [1.165, 1.54) is 24.8 Å². The van der Waals surface area contributed by atoms with Gasteiger partial charge in [0.15, 0.2) is 0 Å². The van der Waals surface area contributed by atoms with Crippen molar-refractivity contribution in [1.82, 2.24) is 0 Å². The van der Waals surface area contributed by atoms with Crippen molar-refractivity contribution >= 4 is 0 Å². The lowest BCUT2D eigenvalue weighted by Crippen LogP contribution is -2.40. The maximum Gasteiger partial charge on any atom is 0.0409 e. The van der Waals surface area contributed by atoms with Crippen LogP contribution in [0.15, 0.2) is 30.3 Å². The highest BCUT2D eigenvalue weighted by Gasteiger charge is 2.32. The van der Waals surface area contributed by atoms with Crippen LogP contribution in [0.3, 0.4) is 0 Å². The van der Waals surface area contributed by atoms with Gasteiger partial charge in [-0.1, -0.05) is 43.7 Å². The first-order chi connectivity index (χ1) is 7.24. The molecule has 1 aromatic rings. The Morgan fingerprint density at radius 2 is 1.80 bits per heavy atom. The topological polar surface area (TPSA) is 26.0 Å². The molecule has 0 bridgehead atoms. The number of nitrogens with two attached hydrogens (primary N) is 1. The fourth-order valence-electron chi connectivity index (χ4n) is 2.66. The molecule has 1 heteroatoms. The maximum absolute atomic E-state index is 6.50. The summed E-state index contributed by atoms with van der Waals surface area (Å²) in [6.45, 7) is 2.29. The first-order valence-corrected chi connectivity index (χ1v) is 6.09. The van der Waals surface area contributed by atoms with E-state index in [2.05, 4.69) is 37.3 Å². The van der Waals surface area contributed by atoms with Gasteiger partial charge in [-0.2, -0.15) is 0 Å². The molecule has 2 rings (SSSR count). The lowest BCUT2D eigenvalue weighted by atomic mass is 9.73. The molecule has 0 radical (unpaired) electrons. The van der Waals surface area contributed by atoms with Gasteiger partial charge in [-0.05, 0) is 37.2 Å². The van der Waals surface area contributed by atoms with Gasteiger partial charge in [0.05, 0.1) is 0 Å². The molecule has 1 nitrogen and oxygen atoms in total. The molecule has 0 saturated heterocycles. The summed E-state index contributed by atoms with van der Waals surface area (Å²) in [6.07, 6.45) is 6.19. The molecular weight excluding hydrogens is 182 g/mol. The van der Waals surface area contributed by atoms with Crippen molar-refractivity contribution in [2.75, 3.05) is 0 Å². The molecule has 1 aromatic carbocycles. The van der Waals surface area contributed by atoms with E-state index in [-0.39, 0.29) is 5.54 Å². The Kier molecular flexibility index (Phi) is 3.11. The third-order valence-electron chi connectivity index (χ3n) is 3.92. The van der Waals surface area contributed by atoms with Crippen LogP contribution in [0.4, 0.5) is 0 Å². The zero-order valence-electron chi connectivity index (χ0n) is 9.58. The van der Waals surface area contributed by atoms with Crippen LogP contribution in [0.25, 0.3) is 0 Å². The molecule has 0 atom stereocenters. The normalized spacial score (nSPS) is 31.5. The molecule has 0 aliphatic heterocycles. The molecule has 82 valence electrons. The van der Waals surface area contributed by atoms with Gasteiger partial charge >= 0.3 is 0 Å². The zero-order valence-corrected chi connectivity index (χ0v) is 9.58. The molecule has 1 fully saturated rings. The summed E-state index contributed by atoms with van der Waals surface area (Å²) < 4.78 is 0. The van der Waals surface area contributed by atoms with Crippen molar-refractivity contribution in [3.63, 3.8) is 0 Å². The number of hydrogen-bond donors (Lipinski definition) is 1. The predicted octanol–water partition coefficient (Wildman–Crippen LogP) is 3.44. The first kappa shape index (κ1) is 10.7. The van der Waals surface area contributed by atoms with Gasteiger partial charge in [-0.15, -0.1) is 0 Å². The summed E-state index contributed by atoms with van der Waals surface area (Å²) in [5, 5.41) is 0. The third kappa shape index (κ3) is 2.23. The van der Waals surface area contributed by atoms with Gasteiger partial charge in [-0.25, -0.2) is 0 Å². The first-order valence-electron chi connectivity index (χ1n) is 6.09. The predicted molar refractivity (Wildman–Crippen MR) is 64.6 cm³/mol. The second-order valence-corrected chi connectivity index (χ2v) is 4.87. The lowest BCUT2D eigenvalue weighted by molar-refractivity contribution is 0.231. The lowest BCUT2D eigenvalue weighted by Gasteiger charge is -2.37. The Morgan fingerprint density at radius 3 is 2.33 bits per heavy atom. The number of hydrogen-bond acceptors (Lipinski definition) is 1. The quantitative estimate of drug-likeness (QED) is 0.783. The molecule has 0 unspecified atom stereocenters. The Bertz CT molecular complexity index is 296. The zero-order chi connectivity index (χ0) is 10.7. The second-order valence-electron chi connectivity index (χ2n) is 4.87. The van der Waals surface area contributed by atoms with E-state index < -0.39 is 0 Å². The fourth-order valence-corrected chi connectivity index (χ4v) is 2.66. The van der Waals surface area contributed by atoms with Gasteiger partial charge < -0.3 is 5.73 Å². The van der Waals surface area contributed by atoms with Crippen molar-refractivity contribution in [3.8, 4) is 0 Å². The van der Waals surface area contributed by atoms with E-state index >= 15 is 0 Å². The smallest absolute Gasteiger partial charge is 0.0409 e. The highest BCUT2D eigenvalue weighted by Crippen LogP contribution is 2.38. The van der Waals surface area contributed by atoms with Crippen LogP contribution in [-0.4, -0.2) is 0 Å². The highest BCUT2D eigenvalue weighted by molar-refractivity contribution is 5.24. The molecule has 0 amide bonds. The molecule has 0 spiro atoms. The summed E-state index contributed by atoms with van der Waals surface area (Å²) in [6, 6.07) is 10.6. The van der Waals surface area contributed by atoms with Gasteiger partial charge in [0.25, 0.3) is 0 Å². The van der Waals surface area contributed by atoms with E-state index in [0.29, 0.717) is 0 Å². The Balaban J connectivity index is 2.10. The minimum absolute atomic E-state index is 0.0487. The third-order valence-corrected chi connectivity index (χ3v) is 3.92. The van der Waals surface area contributed by atoms with Crippen LogP contribution in [0.5, 0.6) is 0 Å². The average molecular weight is 203 g/mol. The van der Waals surface area contributed by atoms with Gasteiger partial charge in [-0.3, -0.25) is 0 Å². The molecule has 2 N–H and O–H groups in total. The van der Waals surface area contributed by atoms with Crippen LogP contribution in [0.2, 0.25) is 0 Å². The minimum Gasteiger partial charge on any atom is -0.321 e. The number of benzene rings is 1. The summed E-state index contributed by atoms with van der Waals surface area (Å²) in [5.41, 5.74) is 7.77. The monoisotopic (exact) mass is 203 g/mol. The second kappa shape index (κ2) is 4.36. The van der Waals surface area contributed by atoms with Crippen molar-refractivity contribution in [1.29, 1.82) is 0 Å². The van der Waals surface area contributed by atoms with Crippen molar-refractivity contribution in [3.05, 3.63) is 35.9 Å². The highest BCUT2D eigenvalue weighted by atomic mass is 14.7. The summed E-state index contributed by atoms with van der Waals surface area (Å²) in [4.78, 5) is 0. The summed E-state index contributed by atoms with van der Waals surface area (Å²) >= 11 is 0. The van der Waals surface area contributed by atoms with Crippen molar-refractivity contribution < 1.29 is 0 Å². The largest absolute Gasteiger partial charge is 0.321 e. The van der Waals surface area contributed by atoms with E-state index in [1.807, 2.05) is 0 Å². The molecule has 15 heavy (non-hydrogen) atoms. The number of rotatable bonds is 2. The van der Waals surface area contributed by atoms with Crippen molar-refractivity contribution in [2.45, 2.75) is 44.6 Å². The van der Waals surface area contributed by atoms with E-state index in [4.69, 9.17) is 5.73 Å². The van der Waals surface area contributed by atoms with E-state index in [0.717, 1.165) is 18.8 Å². The Labute approximate surface area is 92.7 Å². The van der Waals surface area contributed by atoms with Crippen molar-refractivity contribution in [2.24, 2.45) is 11.7 Å². The molecule has 0 aromatic heterocycles. The summed E-state index contributed by atoms with van der Waals surface area (Å²) in [5.74, 6) is 0.908. The van der Waals surface area contributed by atoms with Crippen LogP contribution in [0.1, 0.15) is 44.6 Å².